The van der Waals surface area contributed by atoms with E-state index < -0.39 is 6.04 Å². The smallest absolute Gasteiger partial charge is 0.141 e. The molecule has 2 rings (SSSR count). The van der Waals surface area contributed by atoms with Gasteiger partial charge in [-0.25, -0.2) is 0 Å². The second kappa shape index (κ2) is 5.97. The molecule has 0 aliphatic heterocycles. The lowest BCUT2D eigenvalue weighted by Gasteiger charge is -2.15. The van der Waals surface area contributed by atoms with Crippen molar-refractivity contribution in [3.8, 4) is 6.07 Å². The van der Waals surface area contributed by atoms with E-state index in [1.165, 1.54) is 5.56 Å². The number of hydrogen-bond donors (Lipinski definition) is 1. The zero-order valence-electron chi connectivity index (χ0n) is 10.3. The third-order valence-electron chi connectivity index (χ3n) is 2.77. The molecule has 0 aliphatic carbocycles. The van der Waals surface area contributed by atoms with Crippen molar-refractivity contribution in [2.24, 2.45) is 0 Å². The molecule has 0 bridgehead atoms. The van der Waals surface area contributed by atoms with E-state index >= 15 is 0 Å². The van der Waals surface area contributed by atoms with Crippen molar-refractivity contribution in [1.82, 2.24) is 0 Å². The van der Waals surface area contributed by atoms with Crippen LogP contribution in [0.15, 0.2) is 42.5 Å². The number of aryl methyl sites for hydroxylation is 1. The van der Waals surface area contributed by atoms with Crippen LogP contribution >= 0.6 is 23.2 Å². The standard InChI is InChI=1S/C15H12Cl2N2/c1-10-2-5-12(6-3-10)19-15(9-18)13-7-4-11(16)8-14(13)17/h2-8,15,19H,1H3. The van der Waals surface area contributed by atoms with Crippen LogP contribution in [-0.4, -0.2) is 0 Å². The fraction of sp³-hybridized carbons (Fsp3) is 0.133. The maximum atomic E-state index is 9.28. The molecule has 0 heterocycles. The van der Waals surface area contributed by atoms with Gasteiger partial charge in [-0.3, -0.25) is 0 Å². The average Bonchev–Trinajstić information content (AvgIpc) is 2.39. The van der Waals surface area contributed by atoms with Crippen molar-refractivity contribution in [1.29, 1.82) is 5.26 Å². The number of nitrogens with zero attached hydrogens (tertiary/aromatic N) is 1. The number of nitrogens with one attached hydrogen (secondary N) is 1. The SMILES string of the molecule is Cc1ccc(NC(C#N)c2ccc(Cl)cc2Cl)cc1. The molecule has 0 amide bonds. The molecule has 1 atom stereocenters. The van der Waals surface area contributed by atoms with Crippen LogP contribution in [0.25, 0.3) is 0 Å². The monoisotopic (exact) mass is 290 g/mol. The summed E-state index contributed by atoms with van der Waals surface area (Å²) in [6.07, 6.45) is 0. The van der Waals surface area contributed by atoms with Crippen molar-refractivity contribution < 1.29 is 0 Å². The minimum atomic E-state index is -0.507. The van der Waals surface area contributed by atoms with Crippen LogP contribution in [0.4, 0.5) is 5.69 Å². The van der Waals surface area contributed by atoms with Crippen LogP contribution in [0.5, 0.6) is 0 Å². The Morgan fingerprint density at radius 2 is 1.79 bits per heavy atom. The Morgan fingerprint density at radius 1 is 1.11 bits per heavy atom. The van der Waals surface area contributed by atoms with Gasteiger partial charge >= 0.3 is 0 Å². The first-order valence-electron chi connectivity index (χ1n) is 5.78. The van der Waals surface area contributed by atoms with Gasteiger partial charge in [0.05, 0.1) is 6.07 Å². The minimum absolute atomic E-state index is 0.485. The number of hydrogen-bond acceptors (Lipinski definition) is 2. The van der Waals surface area contributed by atoms with Crippen LogP contribution in [0.3, 0.4) is 0 Å². The van der Waals surface area contributed by atoms with Gasteiger partial charge in [-0.05, 0) is 31.2 Å². The summed E-state index contributed by atoms with van der Waals surface area (Å²) in [5, 5.41) is 13.5. The maximum absolute atomic E-state index is 9.28. The predicted molar refractivity (Wildman–Crippen MR) is 79.6 cm³/mol. The van der Waals surface area contributed by atoms with Crippen molar-refractivity contribution in [2.75, 3.05) is 5.32 Å². The molecule has 4 heteroatoms. The van der Waals surface area contributed by atoms with Gasteiger partial charge in [0.15, 0.2) is 0 Å². The Labute approximate surface area is 122 Å². The van der Waals surface area contributed by atoms with E-state index in [0.29, 0.717) is 15.6 Å². The molecule has 0 aliphatic rings. The van der Waals surface area contributed by atoms with E-state index in [1.807, 2.05) is 31.2 Å². The highest BCUT2D eigenvalue weighted by Gasteiger charge is 2.14. The molecule has 0 fully saturated rings. The van der Waals surface area contributed by atoms with Gasteiger partial charge in [-0.1, -0.05) is 47.0 Å². The van der Waals surface area contributed by atoms with Crippen molar-refractivity contribution in [3.05, 3.63) is 63.6 Å². The molecular formula is C15H12Cl2N2. The molecule has 19 heavy (non-hydrogen) atoms. The van der Waals surface area contributed by atoms with Gasteiger partial charge in [0.25, 0.3) is 0 Å². The molecule has 2 nitrogen and oxygen atoms in total. The van der Waals surface area contributed by atoms with E-state index in [9.17, 15) is 5.26 Å². The fourth-order valence-electron chi connectivity index (χ4n) is 1.73. The quantitative estimate of drug-likeness (QED) is 0.865. The fourth-order valence-corrected chi connectivity index (χ4v) is 2.25. The van der Waals surface area contributed by atoms with Gasteiger partial charge in [0.1, 0.15) is 6.04 Å². The Kier molecular flexibility index (Phi) is 4.31. The van der Waals surface area contributed by atoms with E-state index in [1.54, 1.807) is 18.2 Å². The summed E-state index contributed by atoms with van der Waals surface area (Å²) >= 11 is 12.0. The predicted octanol–water partition coefficient (Wildman–Crippen LogP) is 4.98. The number of halogens is 2. The summed E-state index contributed by atoms with van der Waals surface area (Å²) in [6, 6.07) is 14.7. The summed E-state index contributed by atoms with van der Waals surface area (Å²) in [6.45, 7) is 2.02. The van der Waals surface area contributed by atoms with Crippen molar-refractivity contribution in [3.63, 3.8) is 0 Å². The third-order valence-corrected chi connectivity index (χ3v) is 3.33. The maximum Gasteiger partial charge on any atom is 0.141 e. The molecule has 1 unspecified atom stereocenters. The zero-order valence-corrected chi connectivity index (χ0v) is 11.8. The summed E-state index contributed by atoms with van der Waals surface area (Å²) < 4.78 is 0. The van der Waals surface area contributed by atoms with Crippen LogP contribution in [-0.2, 0) is 0 Å². The minimum Gasteiger partial charge on any atom is -0.366 e. The van der Waals surface area contributed by atoms with Crippen LogP contribution in [0.2, 0.25) is 10.0 Å². The molecule has 1 N–H and O–H groups in total. The molecule has 2 aromatic rings. The van der Waals surface area contributed by atoms with Crippen LogP contribution in [0.1, 0.15) is 17.2 Å². The molecule has 0 saturated heterocycles. The van der Waals surface area contributed by atoms with Crippen LogP contribution < -0.4 is 5.32 Å². The van der Waals surface area contributed by atoms with E-state index in [2.05, 4.69) is 11.4 Å². The lowest BCUT2D eigenvalue weighted by molar-refractivity contribution is 0.998. The van der Waals surface area contributed by atoms with Gasteiger partial charge in [-0.15, -0.1) is 0 Å². The Balaban J connectivity index is 2.25. The number of rotatable bonds is 3. The van der Waals surface area contributed by atoms with Crippen molar-refractivity contribution in [2.45, 2.75) is 13.0 Å². The van der Waals surface area contributed by atoms with E-state index in [0.717, 1.165) is 5.69 Å². The molecule has 0 spiro atoms. The second-order valence-corrected chi connectivity index (χ2v) is 5.08. The largest absolute Gasteiger partial charge is 0.366 e. The normalized spacial score (nSPS) is 11.7. The zero-order chi connectivity index (χ0) is 13.8. The third kappa shape index (κ3) is 3.41. The average molecular weight is 291 g/mol. The molecule has 0 saturated carbocycles. The molecule has 2 aromatic carbocycles. The first-order chi connectivity index (χ1) is 9.10. The molecule has 0 radical (unpaired) electrons. The lowest BCUT2D eigenvalue weighted by atomic mass is 10.1. The number of nitriles is 1. The van der Waals surface area contributed by atoms with E-state index in [4.69, 9.17) is 23.2 Å². The summed E-state index contributed by atoms with van der Waals surface area (Å²) in [5.41, 5.74) is 2.76. The number of benzene rings is 2. The summed E-state index contributed by atoms with van der Waals surface area (Å²) in [5.74, 6) is 0. The van der Waals surface area contributed by atoms with Crippen molar-refractivity contribution >= 4 is 28.9 Å². The highest BCUT2D eigenvalue weighted by Crippen LogP contribution is 2.28. The Morgan fingerprint density at radius 3 is 2.37 bits per heavy atom. The first kappa shape index (κ1) is 13.7. The van der Waals surface area contributed by atoms with Gasteiger partial charge in [-0.2, -0.15) is 5.26 Å². The Hall–Kier alpha value is -1.69. The Bertz CT molecular complexity index is 615. The van der Waals surface area contributed by atoms with Crippen LogP contribution in [0, 0.1) is 18.3 Å². The molecular weight excluding hydrogens is 279 g/mol. The van der Waals surface area contributed by atoms with Gasteiger partial charge in [0, 0.05) is 21.3 Å². The van der Waals surface area contributed by atoms with Gasteiger partial charge in [0.2, 0.25) is 0 Å². The summed E-state index contributed by atoms with van der Waals surface area (Å²) in [7, 11) is 0. The first-order valence-corrected chi connectivity index (χ1v) is 6.53. The summed E-state index contributed by atoms with van der Waals surface area (Å²) in [4.78, 5) is 0. The number of anilines is 1. The highest BCUT2D eigenvalue weighted by atomic mass is 35.5. The van der Waals surface area contributed by atoms with E-state index in [-0.39, 0.29) is 0 Å². The molecule has 0 aromatic heterocycles. The topological polar surface area (TPSA) is 35.8 Å². The van der Waals surface area contributed by atoms with Gasteiger partial charge < -0.3 is 5.32 Å². The lowest BCUT2D eigenvalue weighted by Crippen LogP contribution is -2.09. The highest BCUT2D eigenvalue weighted by molar-refractivity contribution is 6.35. The second-order valence-electron chi connectivity index (χ2n) is 4.24. The molecule has 96 valence electrons.